The van der Waals surface area contributed by atoms with Crippen LogP contribution in [0.25, 0.3) is 6.08 Å². The number of nitrogens with one attached hydrogen (secondary N) is 1. The lowest BCUT2D eigenvalue weighted by molar-refractivity contribution is -0.146. The van der Waals surface area contributed by atoms with E-state index in [0.717, 1.165) is 32.3 Å². The summed E-state index contributed by atoms with van der Waals surface area (Å²) in [7, 11) is 1.45. The highest BCUT2D eigenvalue weighted by Gasteiger charge is 2.36. The molecular weight excluding hydrogens is 552 g/mol. The van der Waals surface area contributed by atoms with Crippen LogP contribution in [0.2, 0.25) is 0 Å². The molecule has 1 heterocycles. The van der Waals surface area contributed by atoms with E-state index in [4.69, 9.17) is 14.2 Å². The molecule has 3 amide bonds. The number of imide groups is 1. The molecule has 1 aliphatic heterocycles. The van der Waals surface area contributed by atoms with Gasteiger partial charge < -0.3 is 19.5 Å². The lowest BCUT2D eigenvalue weighted by Crippen LogP contribution is -2.34. The van der Waals surface area contributed by atoms with Crippen molar-refractivity contribution in [2.45, 2.75) is 20.8 Å². The number of rotatable bonds is 9. The summed E-state index contributed by atoms with van der Waals surface area (Å²) in [5, 5.41) is 2.26. The number of carbonyl (C=O) groups excluding carboxylic acids is 4. The Morgan fingerprint density at radius 1 is 1.11 bits per heavy atom. The van der Waals surface area contributed by atoms with Crippen LogP contribution in [0.3, 0.4) is 0 Å². The molecule has 2 aromatic carbocycles. The Hall–Kier alpha value is -3.31. The zero-order valence-corrected chi connectivity index (χ0v) is 22.6. The first kappa shape index (κ1) is 27.3. The number of hydrogen-bond donors (Lipinski definition) is 1. The third kappa shape index (κ3) is 6.67. The van der Waals surface area contributed by atoms with Gasteiger partial charge in [0.05, 0.1) is 24.3 Å². The van der Waals surface area contributed by atoms with Gasteiger partial charge in [0.2, 0.25) is 0 Å². The number of ether oxygens (including phenoxy) is 3. The normalized spacial score (nSPS) is 14.2. The monoisotopic (exact) mass is 576 g/mol. The van der Waals surface area contributed by atoms with E-state index in [1.807, 2.05) is 26.0 Å². The summed E-state index contributed by atoms with van der Waals surface area (Å²) in [6.45, 7) is 5.06. The maximum Gasteiger partial charge on any atom is 0.326 e. The van der Waals surface area contributed by atoms with Crippen LogP contribution in [0, 0.1) is 13.8 Å². The van der Waals surface area contributed by atoms with Gasteiger partial charge in [-0.3, -0.25) is 24.1 Å². The van der Waals surface area contributed by atoms with Crippen molar-refractivity contribution in [1.82, 2.24) is 4.90 Å². The highest BCUT2D eigenvalue weighted by atomic mass is 79.9. The molecule has 1 N–H and O–H groups in total. The number of hydrogen-bond acceptors (Lipinski definition) is 8. The summed E-state index contributed by atoms with van der Waals surface area (Å²) >= 11 is 4.18. The minimum Gasteiger partial charge on any atom is -0.493 e. The largest absolute Gasteiger partial charge is 0.493 e. The molecule has 11 heteroatoms. The molecular formula is C25H25BrN2O7S. The van der Waals surface area contributed by atoms with Crippen LogP contribution in [-0.4, -0.2) is 54.8 Å². The minimum atomic E-state index is -0.655. The molecule has 1 fully saturated rings. The van der Waals surface area contributed by atoms with Gasteiger partial charge in [0, 0.05) is 4.47 Å². The van der Waals surface area contributed by atoms with E-state index in [2.05, 4.69) is 21.2 Å². The Morgan fingerprint density at radius 2 is 1.83 bits per heavy atom. The Labute approximate surface area is 221 Å². The fraction of sp³-hybridized carbons (Fsp3) is 0.280. The fourth-order valence-electron chi connectivity index (χ4n) is 3.22. The number of esters is 1. The SMILES string of the molecule is CCOC(=O)CN1C(=O)S/C(=C/c2ccc(OCC(=O)Nc3cc(C)c(C)cc3Br)c(OC)c2)C1=O. The summed E-state index contributed by atoms with van der Waals surface area (Å²) < 4.78 is 16.6. The molecule has 0 aliphatic carbocycles. The van der Waals surface area contributed by atoms with E-state index in [-0.39, 0.29) is 24.0 Å². The first-order valence-corrected chi connectivity index (χ1v) is 12.5. The molecule has 190 valence electrons. The Kier molecular flexibility index (Phi) is 9.16. The van der Waals surface area contributed by atoms with Gasteiger partial charge in [-0.2, -0.15) is 0 Å². The second kappa shape index (κ2) is 12.1. The molecule has 9 nitrogen and oxygen atoms in total. The second-order valence-corrected chi connectivity index (χ2v) is 9.58. The quantitative estimate of drug-likeness (QED) is 0.338. The summed E-state index contributed by atoms with van der Waals surface area (Å²) in [6, 6.07) is 8.69. The number of carbonyl (C=O) groups is 4. The van der Waals surface area contributed by atoms with Crippen molar-refractivity contribution in [2.75, 3.05) is 32.2 Å². The smallest absolute Gasteiger partial charge is 0.326 e. The molecule has 0 radical (unpaired) electrons. The predicted octanol–water partition coefficient (Wildman–Crippen LogP) is 4.69. The highest BCUT2D eigenvalue weighted by Crippen LogP contribution is 2.34. The zero-order valence-electron chi connectivity index (χ0n) is 20.2. The van der Waals surface area contributed by atoms with Crippen molar-refractivity contribution in [2.24, 2.45) is 0 Å². The van der Waals surface area contributed by atoms with Gasteiger partial charge in [-0.15, -0.1) is 0 Å². The first-order chi connectivity index (χ1) is 17.1. The number of benzene rings is 2. The van der Waals surface area contributed by atoms with E-state index >= 15 is 0 Å². The Bertz CT molecular complexity index is 1250. The van der Waals surface area contributed by atoms with Crippen molar-refractivity contribution in [3.05, 3.63) is 56.4 Å². The minimum absolute atomic E-state index is 0.157. The highest BCUT2D eigenvalue weighted by molar-refractivity contribution is 9.10. The van der Waals surface area contributed by atoms with Crippen molar-refractivity contribution < 1.29 is 33.4 Å². The van der Waals surface area contributed by atoms with Crippen molar-refractivity contribution in [3.63, 3.8) is 0 Å². The van der Waals surface area contributed by atoms with Gasteiger partial charge >= 0.3 is 5.97 Å². The van der Waals surface area contributed by atoms with Crippen molar-refractivity contribution >= 4 is 62.5 Å². The van der Waals surface area contributed by atoms with Gasteiger partial charge in [-0.25, -0.2) is 0 Å². The van der Waals surface area contributed by atoms with Crippen LogP contribution in [-0.2, 0) is 19.1 Å². The lowest BCUT2D eigenvalue weighted by Gasteiger charge is -2.13. The Balaban J connectivity index is 1.67. The van der Waals surface area contributed by atoms with Gasteiger partial charge in [0.15, 0.2) is 18.1 Å². The van der Waals surface area contributed by atoms with E-state index in [1.165, 1.54) is 13.2 Å². The first-order valence-electron chi connectivity index (χ1n) is 10.9. The predicted molar refractivity (Wildman–Crippen MR) is 140 cm³/mol. The number of anilines is 1. The van der Waals surface area contributed by atoms with E-state index in [9.17, 15) is 19.2 Å². The van der Waals surface area contributed by atoms with Crippen LogP contribution in [0.5, 0.6) is 11.5 Å². The fourth-order valence-corrected chi connectivity index (χ4v) is 4.62. The van der Waals surface area contributed by atoms with Gasteiger partial charge in [0.25, 0.3) is 17.1 Å². The third-order valence-corrected chi connectivity index (χ3v) is 6.73. The molecule has 0 saturated carbocycles. The van der Waals surface area contributed by atoms with E-state index in [0.29, 0.717) is 22.7 Å². The topological polar surface area (TPSA) is 111 Å². The zero-order chi connectivity index (χ0) is 26.4. The molecule has 1 aliphatic rings. The molecule has 0 aromatic heterocycles. The summed E-state index contributed by atoms with van der Waals surface area (Å²) in [6.07, 6.45) is 1.52. The van der Waals surface area contributed by atoms with Crippen LogP contribution < -0.4 is 14.8 Å². The van der Waals surface area contributed by atoms with Crippen LogP contribution in [0.1, 0.15) is 23.6 Å². The summed E-state index contributed by atoms with van der Waals surface area (Å²) in [5.41, 5.74) is 3.37. The molecule has 0 unspecified atom stereocenters. The number of nitrogens with zero attached hydrogens (tertiary/aromatic N) is 1. The van der Waals surface area contributed by atoms with Gasteiger partial charge in [-0.05, 0) is 95.5 Å². The maximum absolute atomic E-state index is 12.6. The second-order valence-electron chi connectivity index (χ2n) is 7.74. The Morgan fingerprint density at radius 3 is 2.53 bits per heavy atom. The maximum atomic E-state index is 12.6. The molecule has 0 bridgehead atoms. The third-order valence-electron chi connectivity index (χ3n) is 5.17. The lowest BCUT2D eigenvalue weighted by atomic mass is 10.1. The molecule has 1 saturated heterocycles. The van der Waals surface area contributed by atoms with Crippen molar-refractivity contribution in [3.8, 4) is 11.5 Å². The summed E-state index contributed by atoms with van der Waals surface area (Å²) in [4.78, 5) is 49.9. The van der Waals surface area contributed by atoms with Crippen molar-refractivity contribution in [1.29, 1.82) is 0 Å². The van der Waals surface area contributed by atoms with E-state index in [1.54, 1.807) is 25.1 Å². The number of thioether (sulfide) groups is 1. The number of amides is 3. The average Bonchev–Trinajstić information content (AvgIpc) is 3.09. The molecule has 2 aromatic rings. The van der Waals surface area contributed by atoms with Crippen LogP contribution in [0.15, 0.2) is 39.7 Å². The molecule has 36 heavy (non-hydrogen) atoms. The van der Waals surface area contributed by atoms with E-state index < -0.39 is 23.7 Å². The average molecular weight is 577 g/mol. The number of halogens is 1. The molecule has 0 spiro atoms. The number of methoxy groups -OCH3 is 1. The van der Waals surface area contributed by atoms with Gasteiger partial charge in [0.1, 0.15) is 6.54 Å². The van der Waals surface area contributed by atoms with Crippen LogP contribution in [0.4, 0.5) is 10.5 Å². The molecule has 0 atom stereocenters. The number of aryl methyl sites for hydroxylation is 2. The molecule has 3 rings (SSSR count). The van der Waals surface area contributed by atoms with Gasteiger partial charge in [-0.1, -0.05) is 6.07 Å². The van der Waals surface area contributed by atoms with Crippen LogP contribution >= 0.6 is 27.7 Å². The summed E-state index contributed by atoms with van der Waals surface area (Å²) in [5.74, 6) is -0.904. The standard InChI is InChI=1S/C25H25BrN2O7S/c1-5-34-23(30)12-28-24(31)21(36-25(28)32)11-16-6-7-19(20(10-16)33-4)35-13-22(29)27-18-9-15(3)14(2)8-17(18)26/h6-11H,5,12-13H2,1-4H3,(H,27,29)/b21-11+.